The third-order valence-corrected chi connectivity index (χ3v) is 3.10. The summed E-state index contributed by atoms with van der Waals surface area (Å²) in [6.45, 7) is 6.42. The first-order chi connectivity index (χ1) is 9.92. The number of ether oxygens (including phenoxy) is 1. The molecular formula is C15H26N2O4. The maximum atomic E-state index is 11.9. The van der Waals surface area contributed by atoms with Crippen LogP contribution in [0.2, 0.25) is 0 Å². The van der Waals surface area contributed by atoms with Crippen LogP contribution in [0, 0.1) is 12.8 Å². The number of carbonyl (C=O) groups is 1. The Labute approximate surface area is 125 Å². The minimum Gasteiger partial charge on any atom is -0.464 e. The van der Waals surface area contributed by atoms with Gasteiger partial charge in [0, 0.05) is 13.7 Å². The van der Waals surface area contributed by atoms with Crippen molar-refractivity contribution in [2.45, 2.75) is 39.3 Å². The first kappa shape index (κ1) is 17.5. The Bertz CT molecular complexity index is 431. The minimum atomic E-state index is -0.364. The van der Waals surface area contributed by atoms with Gasteiger partial charge in [-0.25, -0.2) is 4.79 Å². The molecule has 3 N–H and O–H groups in total. The monoisotopic (exact) mass is 298 g/mol. The largest absolute Gasteiger partial charge is 0.464 e. The standard InChI is InChI=1S/C15H26N2O4/c1-10(7-11(2)18)8-16-15(19)17-13(9-20-4)14-6-5-12(3)21-14/h5-6,10-11,13,18H,7-9H2,1-4H3,(H2,16,17,19). The van der Waals surface area contributed by atoms with E-state index in [1.807, 2.05) is 26.0 Å². The molecule has 1 heterocycles. The van der Waals surface area contributed by atoms with Gasteiger partial charge in [-0.3, -0.25) is 0 Å². The molecule has 0 aliphatic rings. The number of hydrogen-bond donors (Lipinski definition) is 3. The van der Waals surface area contributed by atoms with Crippen molar-refractivity contribution in [2.75, 3.05) is 20.3 Å². The summed E-state index contributed by atoms with van der Waals surface area (Å²) in [5.74, 6) is 1.67. The van der Waals surface area contributed by atoms with Crippen LogP contribution in [0.15, 0.2) is 16.5 Å². The van der Waals surface area contributed by atoms with Crippen molar-refractivity contribution < 1.29 is 19.1 Å². The lowest BCUT2D eigenvalue weighted by atomic mass is 10.1. The molecule has 6 nitrogen and oxygen atoms in total. The van der Waals surface area contributed by atoms with E-state index >= 15 is 0 Å². The number of rotatable bonds is 8. The van der Waals surface area contributed by atoms with Crippen molar-refractivity contribution in [1.82, 2.24) is 10.6 Å². The molecule has 21 heavy (non-hydrogen) atoms. The average molecular weight is 298 g/mol. The van der Waals surface area contributed by atoms with Crippen LogP contribution in [0.25, 0.3) is 0 Å². The van der Waals surface area contributed by atoms with Crippen molar-refractivity contribution in [3.05, 3.63) is 23.7 Å². The van der Waals surface area contributed by atoms with E-state index in [4.69, 9.17) is 9.15 Å². The lowest BCUT2D eigenvalue weighted by Gasteiger charge is -2.18. The van der Waals surface area contributed by atoms with Crippen LogP contribution < -0.4 is 10.6 Å². The summed E-state index contributed by atoms with van der Waals surface area (Å²) in [6.07, 6.45) is 0.288. The van der Waals surface area contributed by atoms with Crippen LogP contribution in [0.4, 0.5) is 4.79 Å². The smallest absolute Gasteiger partial charge is 0.315 e. The summed E-state index contributed by atoms with van der Waals surface area (Å²) >= 11 is 0. The molecular weight excluding hydrogens is 272 g/mol. The summed E-state index contributed by atoms with van der Waals surface area (Å²) in [5, 5.41) is 14.9. The van der Waals surface area contributed by atoms with Crippen molar-refractivity contribution >= 4 is 6.03 Å². The molecule has 0 fully saturated rings. The topological polar surface area (TPSA) is 83.7 Å². The van der Waals surface area contributed by atoms with Crippen LogP contribution in [-0.2, 0) is 4.74 Å². The van der Waals surface area contributed by atoms with Gasteiger partial charge >= 0.3 is 6.03 Å². The maximum Gasteiger partial charge on any atom is 0.315 e. The molecule has 0 aromatic carbocycles. The number of nitrogens with one attached hydrogen (secondary N) is 2. The van der Waals surface area contributed by atoms with E-state index in [0.29, 0.717) is 25.3 Å². The van der Waals surface area contributed by atoms with Gasteiger partial charge in [-0.15, -0.1) is 0 Å². The molecule has 0 saturated heterocycles. The number of hydrogen-bond acceptors (Lipinski definition) is 4. The molecule has 120 valence electrons. The van der Waals surface area contributed by atoms with E-state index in [0.717, 1.165) is 5.76 Å². The highest BCUT2D eigenvalue weighted by Crippen LogP contribution is 2.16. The molecule has 1 aromatic heterocycles. The second-order valence-corrected chi connectivity index (χ2v) is 5.50. The molecule has 1 rings (SSSR count). The molecule has 0 saturated carbocycles. The highest BCUT2D eigenvalue weighted by molar-refractivity contribution is 5.74. The zero-order chi connectivity index (χ0) is 15.8. The van der Waals surface area contributed by atoms with E-state index in [1.165, 1.54) is 0 Å². The Kier molecular flexibility index (Phi) is 7.25. The molecule has 0 spiro atoms. The lowest BCUT2D eigenvalue weighted by Crippen LogP contribution is -2.41. The molecule has 0 aliphatic carbocycles. The fraction of sp³-hybridized carbons (Fsp3) is 0.667. The van der Waals surface area contributed by atoms with Crippen molar-refractivity contribution in [1.29, 1.82) is 0 Å². The van der Waals surface area contributed by atoms with Gasteiger partial charge in [-0.05, 0) is 38.3 Å². The zero-order valence-corrected chi connectivity index (χ0v) is 13.2. The normalized spacial score (nSPS) is 15.3. The number of aryl methyl sites for hydroxylation is 1. The number of carbonyl (C=O) groups excluding carboxylic acids is 1. The number of methoxy groups -OCH3 is 1. The average Bonchev–Trinajstić information content (AvgIpc) is 2.82. The predicted molar refractivity (Wildman–Crippen MR) is 80.1 cm³/mol. The Morgan fingerprint density at radius 3 is 2.67 bits per heavy atom. The van der Waals surface area contributed by atoms with Crippen LogP contribution in [0.3, 0.4) is 0 Å². The SMILES string of the molecule is COCC(NC(=O)NCC(C)CC(C)O)c1ccc(C)o1. The van der Waals surface area contributed by atoms with Crippen molar-refractivity contribution in [3.63, 3.8) is 0 Å². The zero-order valence-electron chi connectivity index (χ0n) is 13.2. The lowest BCUT2D eigenvalue weighted by molar-refractivity contribution is 0.154. The van der Waals surface area contributed by atoms with Gasteiger partial charge in [0.15, 0.2) is 0 Å². The Balaban J connectivity index is 2.46. The van der Waals surface area contributed by atoms with Crippen LogP contribution in [0.5, 0.6) is 0 Å². The Morgan fingerprint density at radius 1 is 1.43 bits per heavy atom. The molecule has 2 amide bonds. The first-order valence-corrected chi connectivity index (χ1v) is 7.20. The Morgan fingerprint density at radius 2 is 2.14 bits per heavy atom. The van der Waals surface area contributed by atoms with Crippen LogP contribution in [-0.4, -0.2) is 37.5 Å². The second kappa shape index (κ2) is 8.69. The molecule has 6 heteroatoms. The van der Waals surface area contributed by atoms with Crippen LogP contribution >= 0.6 is 0 Å². The van der Waals surface area contributed by atoms with Crippen LogP contribution in [0.1, 0.15) is 37.8 Å². The minimum absolute atomic E-state index is 0.211. The maximum absolute atomic E-state index is 11.9. The summed E-state index contributed by atoms with van der Waals surface area (Å²) in [5.41, 5.74) is 0. The number of urea groups is 1. The summed E-state index contributed by atoms with van der Waals surface area (Å²) in [6, 6.07) is 3.08. The molecule has 3 unspecified atom stereocenters. The Hall–Kier alpha value is -1.53. The number of aliphatic hydroxyl groups excluding tert-OH is 1. The van der Waals surface area contributed by atoms with Gasteiger partial charge in [0.2, 0.25) is 0 Å². The van der Waals surface area contributed by atoms with Gasteiger partial charge < -0.3 is 24.9 Å². The van der Waals surface area contributed by atoms with Gasteiger partial charge in [-0.2, -0.15) is 0 Å². The van der Waals surface area contributed by atoms with Gasteiger partial charge in [0.05, 0.1) is 12.7 Å². The highest BCUT2D eigenvalue weighted by Gasteiger charge is 2.18. The molecule has 0 bridgehead atoms. The number of furan rings is 1. The first-order valence-electron chi connectivity index (χ1n) is 7.20. The fourth-order valence-electron chi connectivity index (χ4n) is 2.14. The van der Waals surface area contributed by atoms with Crippen molar-refractivity contribution in [2.24, 2.45) is 5.92 Å². The molecule has 0 radical (unpaired) electrons. The molecule has 3 atom stereocenters. The number of amides is 2. The van der Waals surface area contributed by atoms with Gasteiger partial charge in [0.1, 0.15) is 17.6 Å². The van der Waals surface area contributed by atoms with Gasteiger partial charge in [-0.1, -0.05) is 6.92 Å². The fourth-order valence-corrected chi connectivity index (χ4v) is 2.14. The van der Waals surface area contributed by atoms with Crippen molar-refractivity contribution in [3.8, 4) is 0 Å². The summed E-state index contributed by atoms with van der Waals surface area (Å²) in [7, 11) is 1.58. The molecule has 0 aliphatic heterocycles. The van der Waals surface area contributed by atoms with E-state index in [1.54, 1.807) is 14.0 Å². The highest BCUT2D eigenvalue weighted by atomic mass is 16.5. The van der Waals surface area contributed by atoms with E-state index in [2.05, 4.69) is 10.6 Å². The number of aliphatic hydroxyl groups is 1. The summed E-state index contributed by atoms with van der Waals surface area (Å²) < 4.78 is 10.6. The predicted octanol–water partition coefficient (Wildman–Crippen LogP) is 1.98. The molecule has 1 aromatic rings. The van der Waals surface area contributed by atoms with E-state index < -0.39 is 0 Å². The van der Waals surface area contributed by atoms with Gasteiger partial charge in [0.25, 0.3) is 0 Å². The van der Waals surface area contributed by atoms with E-state index in [-0.39, 0.29) is 24.1 Å². The quantitative estimate of drug-likeness (QED) is 0.685. The van der Waals surface area contributed by atoms with E-state index in [9.17, 15) is 9.90 Å². The second-order valence-electron chi connectivity index (χ2n) is 5.50. The third kappa shape index (κ3) is 6.64. The third-order valence-electron chi connectivity index (χ3n) is 3.10. The summed E-state index contributed by atoms with van der Waals surface area (Å²) in [4.78, 5) is 11.9.